The van der Waals surface area contributed by atoms with E-state index in [0.717, 1.165) is 16.9 Å². The summed E-state index contributed by atoms with van der Waals surface area (Å²) in [7, 11) is 0. The van der Waals surface area contributed by atoms with Gasteiger partial charge in [-0.2, -0.15) is 0 Å². The second kappa shape index (κ2) is 8.69. The van der Waals surface area contributed by atoms with Gasteiger partial charge >= 0.3 is 11.8 Å². The van der Waals surface area contributed by atoms with Gasteiger partial charge in [-0.05, 0) is 38.8 Å². The topological polar surface area (TPSA) is 79.0 Å². The highest BCUT2D eigenvalue weighted by molar-refractivity contribution is 6.35. The number of ether oxygens (including phenoxy) is 1. The SMILES string of the molecule is Cc1cccc(C)c1OCC(=O)N1CCN(C(=O)C(=O)NC(C)C)CC1. The number of hydrogen-bond donors (Lipinski definition) is 1. The van der Waals surface area contributed by atoms with Crippen LogP contribution >= 0.6 is 0 Å². The molecule has 0 aliphatic carbocycles. The molecule has 0 saturated carbocycles. The van der Waals surface area contributed by atoms with Crippen LogP contribution < -0.4 is 10.1 Å². The van der Waals surface area contributed by atoms with Gasteiger partial charge in [-0.1, -0.05) is 18.2 Å². The minimum absolute atomic E-state index is 0.0343. The van der Waals surface area contributed by atoms with Crippen molar-refractivity contribution in [1.82, 2.24) is 15.1 Å². The van der Waals surface area contributed by atoms with Crippen molar-refractivity contribution in [2.24, 2.45) is 0 Å². The van der Waals surface area contributed by atoms with Crippen molar-refractivity contribution in [3.63, 3.8) is 0 Å². The molecule has 0 spiro atoms. The van der Waals surface area contributed by atoms with Crippen LogP contribution in [0.4, 0.5) is 0 Å². The summed E-state index contributed by atoms with van der Waals surface area (Å²) in [6.07, 6.45) is 0. The molecule has 3 amide bonds. The zero-order chi connectivity index (χ0) is 19.3. The molecular weight excluding hydrogens is 334 g/mol. The molecule has 0 bridgehead atoms. The fourth-order valence-corrected chi connectivity index (χ4v) is 2.88. The summed E-state index contributed by atoms with van der Waals surface area (Å²) in [5, 5.41) is 2.59. The van der Waals surface area contributed by atoms with Crippen LogP contribution in [0.25, 0.3) is 0 Å². The highest BCUT2D eigenvalue weighted by Crippen LogP contribution is 2.22. The first-order valence-corrected chi connectivity index (χ1v) is 8.86. The highest BCUT2D eigenvalue weighted by atomic mass is 16.5. The third kappa shape index (κ3) is 4.97. The minimum atomic E-state index is -0.599. The fourth-order valence-electron chi connectivity index (χ4n) is 2.88. The Kier molecular flexibility index (Phi) is 6.60. The second-order valence-corrected chi connectivity index (χ2v) is 6.81. The maximum Gasteiger partial charge on any atom is 0.312 e. The van der Waals surface area contributed by atoms with E-state index in [4.69, 9.17) is 4.74 Å². The summed E-state index contributed by atoms with van der Waals surface area (Å²) in [4.78, 5) is 39.4. The molecule has 1 aliphatic rings. The number of amides is 3. The molecule has 0 aromatic heterocycles. The molecule has 7 nitrogen and oxygen atoms in total. The van der Waals surface area contributed by atoms with Crippen LogP contribution in [0.5, 0.6) is 5.75 Å². The van der Waals surface area contributed by atoms with E-state index in [0.29, 0.717) is 26.2 Å². The quantitative estimate of drug-likeness (QED) is 0.808. The molecule has 0 atom stereocenters. The minimum Gasteiger partial charge on any atom is -0.483 e. The van der Waals surface area contributed by atoms with Gasteiger partial charge in [0.1, 0.15) is 5.75 Å². The predicted molar refractivity (Wildman–Crippen MR) is 97.8 cm³/mol. The summed E-state index contributed by atoms with van der Waals surface area (Å²) in [5.41, 5.74) is 1.98. The largest absolute Gasteiger partial charge is 0.483 e. The van der Waals surface area contributed by atoms with Gasteiger partial charge < -0.3 is 19.9 Å². The van der Waals surface area contributed by atoms with Gasteiger partial charge in [-0.3, -0.25) is 14.4 Å². The van der Waals surface area contributed by atoms with Crippen LogP contribution in [0.1, 0.15) is 25.0 Å². The van der Waals surface area contributed by atoms with E-state index in [1.165, 1.54) is 4.90 Å². The molecule has 1 saturated heterocycles. The Morgan fingerprint density at radius 3 is 2.12 bits per heavy atom. The molecule has 1 aromatic rings. The van der Waals surface area contributed by atoms with Gasteiger partial charge in [-0.15, -0.1) is 0 Å². The molecule has 0 unspecified atom stereocenters. The zero-order valence-electron chi connectivity index (χ0n) is 15.9. The number of nitrogens with zero attached hydrogens (tertiary/aromatic N) is 2. The molecule has 0 radical (unpaired) electrons. The lowest BCUT2D eigenvalue weighted by Crippen LogP contribution is -2.55. The fraction of sp³-hybridized carbons (Fsp3) is 0.526. The Labute approximate surface area is 154 Å². The average molecular weight is 361 g/mol. The van der Waals surface area contributed by atoms with E-state index < -0.39 is 11.8 Å². The molecular formula is C19H27N3O4. The smallest absolute Gasteiger partial charge is 0.312 e. The molecule has 1 aliphatic heterocycles. The summed E-state index contributed by atoms with van der Waals surface area (Å²) in [6.45, 7) is 8.95. The maximum atomic E-state index is 12.4. The summed E-state index contributed by atoms with van der Waals surface area (Å²) in [6, 6.07) is 5.75. The number of nitrogens with one attached hydrogen (secondary N) is 1. The number of aryl methyl sites for hydroxylation is 2. The first kappa shape index (κ1) is 19.8. The number of hydrogen-bond acceptors (Lipinski definition) is 4. The first-order chi connectivity index (χ1) is 12.3. The van der Waals surface area contributed by atoms with E-state index in [1.807, 2.05) is 32.0 Å². The monoisotopic (exact) mass is 361 g/mol. The lowest BCUT2D eigenvalue weighted by Gasteiger charge is -2.34. The second-order valence-electron chi connectivity index (χ2n) is 6.81. The van der Waals surface area contributed by atoms with Crippen LogP contribution in [0.15, 0.2) is 18.2 Å². The van der Waals surface area contributed by atoms with Crippen molar-refractivity contribution >= 4 is 17.7 Å². The number of piperazine rings is 1. The molecule has 1 N–H and O–H groups in total. The van der Waals surface area contributed by atoms with Crippen LogP contribution in [0.2, 0.25) is 0 Å². The highest BCUT2D eigenvalue weighted by Gasteiger charge is 2.28. The van der Waals surface area contributed by atoms with Gasteiger partial charge in [0.25, 0.3) is 5.91 Å². The van der Waals surface area contributed by atoms with Gasteiger partial charge in [0.15, 0.2) is 6.61 Å². The van der Waals surface area contributed by atoms with Crippen molar-refractivity contribution in [1.29, 1.82) is 0 Å². The number of para-hydroxylation sites is 1. The average Bonchev–Trinajstić information content (AvgIpc) is 2.60. The number of rotatable bonds is 4. The van der Waals surface area contributed by atoms with Crippen molar-refractivity contribution in [2.75, 3.05) is 32.8 Å². The molecule has 142 valence electrons. The van der Waals surface area contributed by atoms with Crippen LogP contribution in [0.3, 0.4) is 0 Å². The Morgan fingerprint density at radius 1 is 1.04 bits per heavy atom. The van der Waals surface area contributed by atoms with E-state index in [2.05, 4.69) is 5.32 Å². The molecule has 1 aromatic carbocycles. The summed E-state index contributed by atoms with van der Waals surface area (Å²) < 4.78 is 5.70. The molecule has 7 heteroatoms. The maximum absolute atomic E-state index is 12.4. The first-order valence-electron chi connectivity index (χ1n) is 8.86. The lowest BCUT2D eigenvalue weighted by molar-refractivity contribution is -0.148. The predicted octanol–water partition coefficient (Wildman–Crippen LogP) is 0.878. The number of carbonyl (C=O) groups excluding carboxylic acids is 3. The van der Waals surface area contributed by atoms with Crippen molar-refractivity contribution < 1.29 is 19.1 Å². The normalized spacial score (nSPS) is 14.3. The van der Waals surface area contributed by atoms with Crippen molar-refractivity contribution in [3.8, 4) is 5.75 Å². The van der Waals surface area contributed by atoms with Crippen LogP contribution in [-0.4, -0.2) is 66.3 Å². The van der Waals surface area contributed by atoms with Gasteiger partial charge in [0.2, 0.25) is 0 Å². The lowest BCUT2D eigenvalue weighted by atomic mass is 10.1. The summed E-state index contributed by atoms with van der Waals surface area (Å²) >= 11 is 0. The summed E-state index contributed by atoms with van der Waals surface area (Å²) in [5.74, 6) is -0.526. The third-order valence-corrected chi connectivity index (χ3v) is 4.28. The van der Waals surface area contributed by atoms with E-state index in [9.17, 15) is 14.4 Å². The Bertz CT molecular complexity index is 659. The van der Waals surface area contributed by atoms with Gasteiger partial charge in [-0.25, -0.2) is 0 Å². The van der Waals surface area contributed by atoms with Crippen LogP contribution in [0, 0.1) is 13.8 Å². The Morgan fingerprint density at radius 2 is 1.58 bits per heavy atom. The number of carbonyl (C=O) groups is 3. The van der Waals surface area contributed by atoms with Gasteiger partial charge in [0, 0.05) is 32.2 Å². The van der Waals surface area contributed by atoms with Gasteiger partial charge in [0.05, 0.1) is 0 Å². The van der Waals surface area contributed by atoms with Crippen molar-refractivity contribution in [3.05, 3.63) is 29.3 Å². The third-order valence-electron chi connectivity index (χ3n) is 4.28. The van der Waals surface area contributed by atoms with Crippen molar-refractivity contribution in [2.45, 2.75) is 33.7 Å². The Balaban J connectivity index is 1.83. The van der Waals surface area contributed by atoms with E-state index in [1.54, 1.807) is 18.7 Å². The number of benzene rings is 1. The molecule has 26 heavy (non-hydrogen) atoms. The van der Waals surface area contributed by atoms with E-state index in [-0.39, 0.29) is 18.6 Å². The van der Waals surface area contributed by atoms with E-state index >= 15 is 0 Å². The zero-order valence-corrected chi connectivity index (χ0v) is 15.9. The Hall–Kier alpha value is -2.57. The molecule has 2 rings (SSSR count). The van der Waals surface area contributed by atoms with Crippen LogP contribution in [-0.2, 0) is 14.4 Å². The molecule has 1 fully saturated rings. The molecule has 1 heterocycles. The standard InChI is InChI=1S/C19H27N3O4/c1-13(2)20-18(24)19(25)22-10-8-21(9-11-22)16(23)12-26-17-14(3)6-5-7-15(17)4/h5-7,13H,8-12H2,1-4H3,(H,20,24).